The summed E-state index contributed by atoms with van der Waals surface area (Å²) in [6.45, 7) is 4.00. The van der Waals surface area contributed by atoms with Crippen LogP contribution in [-0.2, 0) is 6.54 Å². The van der Waals surface area contributed by atoms with E-state index in [1.165, 1.54) is 24.4 Å². The van der Waals surface area contributed by atoms with E-state index in [-0.39, 0.29) is 29.5 Å². The van der Waals surface area contributed by atoms with E-state index in [1.54, 1.807) is 42.5 Å². The molecule has 0 fully saturated rings. The largest absolute Gasteiger partial charge is 0.508 e. The first-order valence-corrected chi connectivity index (χ1v) is 11.4. The number of hydrogen-bond donors (Lipinski definition) is 4. The number of hydrogen-bond acceptors (Lipinski definition) is 6. The Labute approximate surface area is 208 Å². The van der Waals surface area contributed by atoms with Crippen molar-refractivity contribution >= 4 is 35.3 Å². The molecule has 0 radical (unpaired) electrons. The fourth-order valence-electron chi connectivity index (χ4n) is 3.35. The molecule has 3 rings (SSSR count). The molecule has 8 nitrogen and oxygen atoms in total. The maximum atomic E-state index is 13.0. The Bertz CT molecular complexity index is 1200. The standard InChI is InChI=1S/C26H27ClN4O4/c1-2-31(12-13-32)17-19-4-3-5-20(14-19)25(34)29-24-11-8-21(27)15-23(24)26(35)30-28-16-18-6-9-22(33)10-7-18/h3-11,14-16,32-33H,2,12-13,17H2,1H3,(H,29,34)(H,30,35)/b28-16+. The Morgan fingerprint density at radius 3 is 2.54 bits per heavy atom. The van der Waals surface area contributed by atoms with Crippen LogP contribution in [0.3, 0.4) is 0 Å². The quantitative estimate of drug-likeness (QED) is 0.252. The zero-order valence-corrected chi connectivity index (χ0v) is 20.0. The summed E-state index contributed by atoms with van der Waals surface area (Å²) in [4.78, 5) is 27.8. The number of benzene rings is 3. The predicted octanol–water partition coefficient (Wildman–Crippen LogP) is 3.88. The molecule has 3 aromatic rings. The smallest absolute Gasteiger partial charge is 0.273 e. The number of likely N-dealkylation sites (N-methyl/N-ethyl adjacent to an activating group) is 1. The molecule has 0 aromatic heterocycles. The van der Waals surface area contributed by atoms with Crippen LogP contribution in [-0.4, -0.2) is 52.8 Å². The average Bonchev–Trinajstić information content (AvgIpc) is 2.86. The molecule has 4 N–H and O–H groups in total. The monoisotopic (exact) mass is 494 g/mol. The molecule has 0 spiro atoms. The number of aliphatic hydroxyl groups excluding tert-OH is 1. The summed E-state index contributed by atoms with van der Waals surface area (Å²) in [6, 6.07) is 18.1. The van der Waals surface area contributed by atoms with Gasteiger partial charge in [0.25, 0.3) is 11.8 Å². The van der Waals surface area contributed by atoms with Crippen LogP contribution in [0.15, 0.2) is 71.8 Å². The topological polar surface area (TPSA) is 114 Å². The van der Waals surface area contributed by atoms with E-state index < -0.39 is 5.91 Å². The summed E-state index contributed by atoms with van der Waals surface area (Å²) >= 11 is 6.09. The van der Waals surface area contributed by atoms with Crippen molar-refractivity contribution < 1.29 is 19.8 Å². The lowest BCUT2D eigenvalue weighted by Gasteiger charge is -2.19. The van der Waals surface area contributed by atoms with E-state index in [9.17, 15) is 19.8 Å². The van der Waals surface area contributed by atoms with Crippen LogP contribution in [0, 0.1) is 0 Å². The second-order valence-corrected chi connectivity index (χ2v) is 8.16. The number of phenols is 1. The van der Waals surface area contributed by atoms with E-state index in [2.05, 4.69) is 20.7 Å². The van der Waals surface area contributed by atoms with Crippen LogP contribution in [0.1, 0.15) is 38.8 Å². The molecule has 0 saturated carbocycles. The second-order valence-electron chi connectivity index (χ2n) is 7.73. The normalized spacial score (nSPS) is 11.1. The Kier molecular flexibility index (Phi) is 9.37. The Hall–Kier alpha value is -3.72. The van der Waals surface area contributed by atoms with Crippen molar-refractivity contribution in [3.63, 3.8) is 0 Å². The minimum atomic E-state index is -0.547. The first-order chi connectivity index (χ1) is 16.9. The third-order valence-corrected chi connectivity index (χ3v) is 5.44. The molecule has 0 aliphatic carbocycles. The maximum Gasteiger partial charge on any atom is 0.273 e. The number of nitrogens with one attached hydrogen (secondary N) is 2. The molecule has 0 saturated heterocycles. The summed E-state index contributed by atoms with van der Waals surface area (Å²) in [5, 5.41) is 25.6. The molecule has 0 heterocycles. The van der Waals surface area contributed by atoms with Gasteiger partial charge in [-0.25, -0.2) is 5.43 Å². The highest BCUT2D eigenvalue weighted by atomic mass is 35.5. The van der Waals surface area contributed by atoms with E-state index in [0.717, 1.165) is 12.1 Å². The van der Waals surface area contributed by atoms with E-state index in [4.69, 9.17) is 11.6 Å². The Morgan fingerprint density at radius 1 is 1.06 bits per heavy atom. The molecule has 0 atom stereocenters. The number of amides is 2. The van der Waals surface area contributed by atoms with Crippen LogP contribution in [0.5, 0.6) is 5.75 Å². The van der Waals surface area contributed by atoms with Crippen molar-refractivity contribution in [2.24, 2.45) is 5.10 Å². The average molecular weight is 495 g/mol. The van der Waals surface area contributed by atoms with Crippen molar-refractivity contribution in [2.75, 3.05) is 25.0 Å². The van der Waals surface area contributed by atoms with Gasteiger partial charge < -0.3 is 15.5 Å². The van der Waals surface area contributed by atoms with Gasteiger partial charge in [-0.2, -0.15) is 5.10 Å². The van der Waals surface area contributed by atoms with Gasteiger partial charge in [-0.1, -0.05) is 30.7 Å². The van der Waals surface area contributed by atoms with Crippen LogP contribution in [0.4, 0.5) is 5.69 Å². The number of halogens is 1. The minimum Gasteiger partial charge on any atom is -0.508 e. The van der Waals surface area contributed by atoms with E-state index >= 15 is 0 Å². The SMILES string of the molecule is CCN(CCO)Cc1cccc(C(=O)Nc2ccc(Cl)cc2C(=O)N/N=C/c2ccc(O)cc2)c1. The fourth-order valence-corrected chi connectivity index (χ4v) is 3.53. The Morgan fingerprint density at radius 2 is 1.83 bits per heavy atom. The number of aromatic hydroxyl groups is 1. The first-order valence-electron chi connectivity index (χ1n) is 11.0. The number of carbonyl (C=O) groups excluding carboxylic acids is 2. The molecule has 0 bridgehead atoms. The summed E-state index contributed by atoms with van der Waals surface area (Å²) in [5.41, 5.74) is 4.93. The summed E-state index contributed by atoms with van der Waals surface area (Å²) in [7, 11) is 0. The van der Waals surface area contributed by atoms with Gasteiger partial charge in [0.2, 0.25) is 0 Å². The summed E-state index contributed by atoms with van der Waals surface area (Å²) < 4.78 is 0. The van der Waals surface area contributed by atoms with Gasteiger partial charge in [0.1, 0.15) is 5.75 Å². The first kappa shape index (κ1) is 25.9. The van der Waals surface area contributed by atoms with Crippen molar-refractivity contribution in [1.82, 2.24) is 10.3 Å². The van der Waals surface area contributed by atoms with Gasteiger partial charge in [0.05, 0.1) is 24.1 Å². The number of nitrogens with zero attached hydrogens (tertiary/aromatic N) is 2. The lowest BCUT2D eigenvalue weighted by Crippen LogP contribution is -2.26. The number of phenolic OH excluding ortho intramolecular Hbond substituents is 1. The van der Waals surface area contributed by atoms with Gasteiger partial charge in [-0.05, 0) is 72.3 Å². The zero-order valence-electron chi connectivity index (χ0n) is 19.2. The molecule has 182 valence electrons. The zero-order chi connectivity index (χ0) is 25.2. The Balaban J connectivity index is 1.72. The summed E-state index contributed by atoms with van der Waals surface area (Å²) in [5.74, 6) is -0.793. The number of aliphatic hydroxyl groups is 1. The lowest BCUT2D eigenvalue weighted by atomic mass is 10.1. The maximum absolute atomic E-state index is 13.0. The lowest BCUT2D eigenvalue weighted by molar-refractivity contribution is 0.0956. The molecular weight excluding hydrogens is 468 g/mol. The van der Waals surface area contributed by atoms with Gasteiger partial charge in [0, 0.05) is 23.7 Å². The molecule has 0 aliphatic heterocycles. The van der Waals surface area contributed by atoms with Crippen LogP contribution < -0.4 is 10.7 Å². The van der Waals surface area contributed by atoms with Gasteiger partial charge in [0.15, 0.2) is 0 Å². The van der Waals surface area contributed by atoms with Crippen LogP contribution in [0.2, 0.25) is 5.02 Å². The molecule has 2 amide bonds. The van der Waals surface area contributed by atoms with E-state index in [1.807, 2.05) is 13.0 Å². The molecular formula is C26H27ClN4O4. The van der Waals surface area contributed by atoms with Gasteiger partial charge in [-0.15, -0.1) is 0 Å². The highest BCUT2D eigenvalue weighted by Crippen LogP contribution is 2.22. The predicted molar refractivity (Wildman–Crippen MR) is 137 cm³/mol. The highest BCUT2D eigenvalue weighted by Gasteiger charge is 2.16. The van der Waals surface area contributed by atoms with Crippen molar-refractivity contribution in [2.45, 2.75) is 13.5 Å². The minimum absolute atomic E-state index is 0.0639. The fraction of sp³-hybridized carbons (Fsp3) is 0.192. The van der Waals surface area contributed by atoms with Crippen molar-refractivity contribution in [3.8, 4) is 5.75 Å². The number of anilines is 1. The molecule has 3 aromatic carbocycles. The third kappa shape index (κ3) is 7.65. The van der Waals surface area contributed by atoms with Crippen molar-refractivity contribution in [3.05, 3.63) is 94.0 Å². The van der Waals surface area contributed by atoms with Crippen LogP contribution in [0.25, 0.3) is 0 Å². The second kappa shape index (κ2) is 12.7. The number of carbonyl (C=O) groups is 2. The van der Waals surface area contributed by atoms with Gasteiger partial charge >= 0.3 is 0 Å². The number of hydrazone groups is 1. The molecule has 35 heavy (non-hydrogen) atoms. The third-order valence-electron chi connectivity index (χ3n) is 5.21. The van der Waals surface area contributed by atoms with Crippen LogP contribution >= 0.6 is 11.6 Å². The molecule has 0 aliphatic rings. The summed E-state index contributed by atoms with van der Waals surface area (Å²) in [6.07, 6.45) is 1.43. The highest BCUT2D eigenvalue weighted by molar-refractivity contribution is 6.31. The number of rotatable bonds is 10. The molecule has 0 unspecified atom stereocenters. The van der Waals surface area contributed by atoms with E-state index in [0.29, 0.717) is 29.2 Å². The molecule has 9 heteroatoms. The van der Waals surface area contributed by atoms with Crippen molar-refractivity contribution in [1.29, 1.82) is 0 Å². The van der Waals surface area contributed by atoms with Gasteiger partial charge in [-0.3, -0.25) is 14.5 Å².